The minimum atomic E-state index is -4.39. The molecule has 1 aliphatic heterocycles. The molecule has 0 atom stereocenters. The Morgan fingerprint density at radius 3 is 2.69 bits per heavy atom. The molecule has 0 saturated carbocycles. The van der Waals surface area contributed by atoms with Gasteiger partial charge in [0.05, 0.1) is 5.56 Å². The van der Waals surface area contributed by atoms with Gasteiger partial charge in [-0.05, 0) is 56.6 Å². The molecule has 0 spiro atoms. The van der Waals surface area contributed by atoms with E-state index in [1.165, 1.54) is 25.1 Å². The van der Waals surface area contributed by atoms with E-state index in [0.29, 0.717) is 23.5 Å². The molecule has 1 fully saturated rings. The first-order valence-electron chi connectivity index (χ1n) is 8.70. The van der Waals surface area contributed by atoms with Crippen LogP contribution in [0.25, 0.3) is 11.1 Å². The largest absolute Gasteiger partial charge is 0.416 e. The summed E-state index contributed by atoms with van der Waals surface area (Å²) in [6, 6.07) is 5.14. The maximum atomic E-state index is 13.0. The van der Waals surface area contributed by atoms with Gasteiger partial charge in [-0.3, -0.25) is 0 Å². The predicted octanol–water partition coefficient (Wildman–Crippen LogP) is 3.64. The second kappa shape index (κ2) is 7.90. The average Bonchev–Trinajstić information content (AvgIpc) is 3.12. The zero-order valence-electron chi connectivity index (χ0n) is 14.4. The lowest BCUT2D eigenvalue weighted by Crippen LogP contribution is -2.22. The quantitative estimate of drug-likeness (QED) is 0.765. The Labute approximate surface area is 150 Å². The van der Waals surface area contributed by atoms with Crippen molar-refractivity contribution in [3.8, 4) is 11.1 Å². The highest BCUT2D eigenvalue weighted by Gasteiger charge is 2.30. The number of hydrogen-bond acceptors (Lipinski definition) is 5. The number of nitrogens with zero attached hydrogens (tertiary/aromatic N) is 3. The van der Waals surface area contributed by atoms with E-state index in [4.69, 9.17) is 5.73 Å². The average molecular weight is 365 g/mol. The van der Waals surface area contributed by atoms with Crippen molar-refractivity contribution in [2.45, 2.75) is 25.4 Å². The second-order valence-corrected chi connectivity index (χ2v) is 6.40. The van der Waals surface area contributed by atoms with Gasteiger partial charge in [-0.15, -0.1) is 0 Å². The van der Waals surface area contributed by atoms with Crippen molar-refractivity contribution in [3.63, 3.8) is 0 Å². The van der Waals surface area contributed by atoms with Crippen LogP contribution in [0.4, 0.5) is 24.9 Å². The molecule has 0 radical (unpaired) electrons. The number of aromatic nitrogens is 2. The number of rotatable bonds is 6. The zero-order valence-corrected chi connectivity index (χ0v) is 14.4. The number of benzene rings is 1. The molecule has 0 unspecified atom stereocenters. The number of anilines is 2. The van der Waals surface area contributed by atoms with Crippen molar-refractivity contribution in [3.05, 3.63) is 36.0 Å². The Balaban J connectivity index is 1.73. The second-order valence-electron chi connectivity index (χ2n) is 6.40. The van der Waals surface area contributed by atoms with Crippen LogP contribution >= 0.6 is 0 Å². The number of alkyl halides is 3. The van der Waals surface area contributed by atoms with E-state index in [2.05, 4.69) is 20.2 Å². The zero-order chi connectivity index (χ0) is 18.6. The number of halogens is 3. The lowest BCUT2D eigenvalue weighted by atomic mass is 10.0. The highest BCUT2D eigenvalue weighted by molar-refractivity contribution is 5.75. The molecule has 5 nitrogen and oxygen atoms in total. The third-order valence-electron chi connectivity index (χ3n) is 4.45. The maximum Gasteiger partial charge on any atom is 0.416 e. The SMILES string of the molecule is Nc1ncc(-c2cccc(C(F)(F)F)c2)c(NCCCN2CCCC2)n1. The van der Waals surface area contributed by atoms with E-state index in [0.717, 1.165) is 38.2 Å². The Morgan fingerprint density at radius 1 is 1.19 bits per heavy atom. The van der Waals surface area contributed by atoms with Crippen LogP contribution in [-0.4, -0.2) is 41.0 Å². The molecule has 1 aromatic heterocycles. The van der Waals surface area contributed by atoms with Crippen LogP contribution in [0.5, 0.6) is 0 Å². The lowest BCUT2D eigenvalue weighted by molar-refractivity contribution is -0.137. The minimum Gasteiger partial charge on any atom is -0.369 e. The summed E-state index contributed by atoms with van der Waals surface area (Å²) in [6.45, 7) is 3.93. The van der Waals surface area contributed by atoms with E-state index in [-0.39, 0.29) is 5.95 Å². The Morgan fingerprint density at radius 2 is 1.96 bits per heavy atom. The summed E-state index contributed by atoms with van der Waals surface area (Å²) < 4.78 is 38.9. The van der Waals surface area contributed by atoms with E-state index >= 15 is 0 Å². The van der Waals surface area contributed by atoms with E-state index in [1.807, 2.05) is 0 Å². The van der Waals surface area contributed by atoms with Crippen molar-refractivity contribution in [1.29, 1.82) is 0 Å². The fourth-order valence-corrected chi connectivity index (χ4v) is 3.12. The van der Waals surface area contributed by atoms with Crippen LogP contribution in [0.1, 0.15) is 24.8 Å². The van der Waals surface area contributed by atoms with Gasteiger partial charge >= 0.3 is 6.18 Å². The molecule has 140 valence electrons. The molecule has 1 saturated heterocycles. The molecule has 0 aliphatic carbocycles. The van der Waals surface area contributed by atoms with Gasteiger partial charge in [-0.1, -0.05) is 12.1 Å². The van der Waals surface area contributed by atoms with Gasteiger partial charge in [0.1, 0.15) is 5.82 Å². The van der Waals surface area contributed by atoms with Gasteiger partial charge < -0.3 is 16.0 Å². The topological polar surface area (TPSA) is 67.1 Å². The van der Waals surface area contributed by atoms with Crippen LogP contribution < -0.4 is 11.1 Å². The molecule has 3 N–H and O–H groups in total. The number of hydrogen-bond donors (Lipinski definition) is 2. The standard InChI is InChI=1S/C18H22F3N5/c19-18(20,21)14-6-3-5-13(11-14)15-12-24-17(22)25-16(15)23-7-4-10-26-8-1-2-9-26/h3,5-6,11-12H,1-2,4,7-10H2,(H3,22,23,24,25). The molecule has 8 heteroatoms. The summed E-state index contributed by atoms with van der Waals surface area (Å²) in [6.07, 6.45) is 0.478. The van der Waals surface area contributed by atoms with Crippen molar-refractivity contribution in [2.24, 2.45) is 0 Å². The Kier molecular flexibility index (Phi) is 5.61. The van der Waals surface area contributed by atoms with Crippen molar-refractivity contribution in [1.82, 2.24) is 14.9 Å². The number of nitrogens with one attached hydrogen (secondary N) is 1. The van der Waals surface area contributed by atoms with E-state index in [1.54, 1.807) is 6.07 Å². The number of nitrogen functional groups attached to an aromatic ring is 1. The molecule has 1 aliphatic rings. The third kappa shape index (κ3) is 4.63. The fourth-order valence-electron chi connectivity index (χ4n) is 3.12. The molecule has 2 aromatic rings. The smallest absolute Gasteiger partial charge is 0.369 e. The van der Waals surface area contributed by atoms with Crippen LogP contribution in [0.15, 0.2) is 30.5 Å². The monoisotopic (exact) mass is 365 g/mol. The minimum absolute atomic E-state index is 0.0859. The van der Waals surface area contributed by atoms with Gasteiger partial charge in [-0.25, -0.2) is 4.98 Å². The first-order valence-corrected chi connectivity index (χ1v) is 8.70. The van der Waals surface area contributed by atoms with Crippen LogP contribution in [-0.2, 0) is 6.18 Å². The van der Waals surface area contributed by atoms with Crippen LogP contribution in [0.3, 0.4) is 0 Å². The molecule has 26 heavy (non-hydrogen) atoms. The molecule has 1 aromatic carbocycles. The summed E-state index contributed by atoms with van der Waals surface area (Å²) >= 11 is 0. The van der Waals surface area contributed by atoms with Crippen molar-refractivity contribution in [2.75, 3.05) is 37.2 Å². The summed E-state index contributed by atoms with van der Waals surface area (Å²) in [4.78, 5) is 10.5. The normalized spacial score (nSPS) is 15.3. The molecule has 0 bridgehead atoms. The summed E-state index contributed by atoms with van der Waals surface area (Å²) in [5, 5.41) is 3.20. The molecular formula is C18H22F3N5. The first kappa shape index (κ1) is 18.4. The molecule has 3 rings (SSSR count). The van der Waals surface area contributed by atoms with Crippen LogP contribution in [0, 0.1) is 0 Å². The van der Waals surface area contributed by atoms with Gasteiger partial charge in [0.15, 0.2) is 0 Å². The molecule has 0 amide bonds. The Bertz CT molecular complexity index is 742. The molecular weight excluding hydrogens is 343 g/mol. The lowest BCUT2D eigenvalue weighted by Gasteiger charge is -2.16. The summed E-state index contributed by atoms with van der Waals surface area (Å²) in [5.41, 5.74) is 5.87. The number of likely N-dealkylation sites (tertiary alicyclic amines) is 1. The Hall–Kier alpha value is -2.35. The third-order valence-corrected chi connectivity index (χ3v) is 4.45. The van der Waals surface area contributed by atoms with Gasteiger partial charge in [-0.2, -0.15) is 18.2 Å². The highest BCUT2D eigenvalue weighted by atomic mass is 19.4. The van der Waals surface area contributed by atoms with Crippen molar-refractivity contribution < 1.29 is 13.2 Å². The molecule has 2 heterocycles. The fraction of sp³-hybridized carbons (Fsp3) is 0.444. The van der Waals surface area contributed by atoms with Crippen molar-refractivity contribution >= 4 is 11.8 Å². The summed E-state index contributed by atoms with van der Waals surface area (Å²) in [7, 11) is 0. The summed E-state index contributed by atoms with van der Waals surface area (Å²) in [5.74, 6) is 0.543. The first-order chi connectivity index (χ1) is 12.4. The number of nitrogens with two attached hydrogens (primary N) is 1. The van der Waals surface area contributed by atoms with Gasteiger partial charge in [0.2, 0.25) is 5.95 Å². The van der Waals surface area contributed by atoms with E-state index < -0.39 is 11.7 Å². The van der Waals surface area contributed by atoms with Gasteiger partial charge in [0.25, 0.3) is 0 Å². The maximum absolute atomic E-state index is 13.0. The predicted molar refractivity (Wildman–Crippen MR) is 95.7 cm³/mol. The van der Waals surface area contributed by atoms with Crippen LogP contribution in [0.2, 0.25) is 0 Å². The van der Waals surface area contributed by atoms with E-state index in [9.17, 15) is 13.2 Å². The van der Waals surface area contributed by atoms with Gasteiger partial charge in [0, 0.05) is 18.3 Å². The highest BCUT2D eigenvalue weighted by Crippen LogP contribution is 2.33.